The summed E-state index contributed by atoms with van der Waals surface area (Å²) >= 11 is 1.74. The van der Waals surface area contributed by atoms with E-state index < -0.39 is 0 Å². The molecule has 0 spiro atoms. The fraction of sp³-hybridized carbons (Fsp3) is 0.294. The van der Waals surface area contributed by atoms with Crippen molar-refractivity contribution in [2.45, 2.75) is 11.4 Å². The maximum absolute atomic E-state index is 12.8. The van der Waals surface area contributed by atoms with E-state index in [4.69, 9.17) is 5.73 Å². The normalized spacial score (nSPS) is 11.0. The van der Waals surface area contributed by atoms with Crippen molar-refractivity contribution >= 4 is 11.8 Å². The summed E-state index contributed by atoms with van der Waals surface area (Å²) in [6.45, 7) is 3.43. The fourth-order valence-corrected chi connectivity index (χ4v) is 3.03. The highest BCUT2D eigenvalue weighted by Gasteiger charge is 2.05. The summed E-state index contributed by atoms with van der Waals surface area (Å²) in [5, 5.41) is 0. The van der Waals surface area contributed by atoms with Crippen LogP contribution in [0, 0.1) is 5.82 Å². The summed E-state index contributed by atoms with van der Waals surface area (Å²) in [5.74, 6) is 0.784. The van der Waals surface area contributed by atoms with Crippen LogP contribution in [0.5, 0.6) is 0 Å². The molecule has 21 heavy (non-hydrogen) atoms. The number of thioether (sulfide) groups is 1. The minimum absolute atomic E-state index is 0.187. The van der Waals surface area contributed by atoms with Crippen LogP contribution in [0.2, 0.25) is 0 Å². The van der Waals surface area contributed by atoms with E-state index in [9.17, 15) is 4.39 Å². The first-order chi connectivity index (χ1) is 10.3. The number of halogens is 1. The molecule has 4 heteroatoms. The van der Waals surface area contributed by atoms with Crippen LogP contribution in [-0.2, 0) is 6.54 Å². The highest BCUT2D eigenvalue weighted by molar-refractivity contribution is 7.99. The Morgan fingerprint density at radius 3 is 2.33 bits per heavy atom. The number of nitrogens with zero attached hydrogens (tertiary/aromatic N) is 1. The predicted octanol–water partition coefficient (Wildman–Crippen LogP) is 3.38. The van der Waals surface area contributed by atoms with Crippen LogP contribution >= 0.6 is 11.8 Å². The van der Waals surface area contributed by atoms with Gasteiger partial charge in [-0.2, -0.15) is 0 Å². The Labute approximate surface area is 130 Å². The van der Waals surface area contributed by atoms with Crippen LogP contribution in [0.4, 0.5) is 4.39 Å². The van der Waals surface area contributed by atoms with Gasteiger partial charge in [0, 0.05) is 36.8 Å². The number of rotatable bonds is 8. The molecule has 2 rings (SSSR count). The summed E-state index contributed by atoms with van der Waals surface area (Å²) in [7, 11) is 0. The van der Waals surface area contributed by atoms with Gasteiger partial charge in [-0.25, -0.2) is 4.39 Å². The van der Waals surface area contributed by atoms with Crippen LogP contribution in [0.15, 0.2) is 59.5 Å². The highest BCUT2D eigenvalue weighted by atomic mass is 32.2. The lowest BCUT2D eigenvalue weighted by atomic mass is 10.2. The Hall–Kier alpha value is -1.36. The Morgan fingerprint density at radius 1 is 0.952 bits per heavy atom. The monoisotopic (exact) mass is 304 g/mol. The third-order valence-corrected chi connectivity index (χ3v) is 4.18. The zero-order valence-corrected chi connectivity index (χ0v) is 12.9. The molecule has 0 saturated carbocycles. The third-order valence-electron chi connectivity index (χ3n) is 3.18. The average Bonchev–Trinajstić information content (AvgIpc) is 2.50. The maximum atomic E-state index is 12.8. The van der Waals surface area contributed by atoms with Gasteiger partial charge in [-0.1, -0.05) is 30.3 Å². The molecule has 0 aliphatic rings. The van der Waals surface area contributed by atoms with Gasteiger partial charge in [-0.05, 0) is 29.8 Å². The SMILES string of the molecule is NCCN(CCSc1ccc(F)cc1)Cc1ccccc1. The second kappa shape index (κ2) is 8.82. The predicted molar refractivity (Wildman–Crippen MR) is 87.9 cm³/mol. The average molecular weight is 304 g/mol. The molecule has 2 aromatic carbocycles. The van der Waals surface area contributed by atoms with E-state index in [0.29, 0.717) is 6.54 Å². The zero-order chi connectivity index (χ0) is 14.9. The van der Waals surface area contributed by atoms with Crippen molar-refractivity contribution in [1.82, 2.24) is 4.90 Å². The molecular formula is C17H21FN2S. The number of benzene rings is 2. The molecule has 112 valence electrons. The van der Waals surface area contributed by atoms with Crippen LogP contribution < -0.4 is 5.73 Å². The summed E-state index contributed by atoms with van der Waals surface area (Å²) in [6.07, 6.45) is 0. The minimum Gasteiger partial charge on any atom is -0.329 e. The molecule has 0 aliphatic carbocycles. The largest absolute Gasteiger partial charge is 0.329 e. The van der Waals surface area contributed by atoms with Crippen LogP contribution in [0.1, 0.15) is 5.56 Å². The van der Waals surface area contributed by atoms with E-state index in [2.05, 4.69) is 29.2 Å². The molecule has 2 nitrogen and oxygen atoms in total. The Bertz CT molecular complexity index is 516. The summed E-state index contributed by atoms with van der Waals surface area (Å²) in [6, 6.07) is 17.1. The van der Waals surface area contributed by atoms with E-state index in [1.165, 1.54) is 17.7 Å². The third kappa shape index (κ3) is 5.87. The van der Waals surface area contributed by atoms with Gasteiger partial charge in [0.2, 0.25) is 0 Å². The smallest absolute Gasteiger partial charge is 0.123 e. The second-order valence-corrected chi connectivity index (χ2v) is 6.02. The molecular weight excluding hydrogens is 283 g/mol. The van der Waals surface area contributed by atoms with Gasteiger partial charge in [0.05, 0.1) is 0 Å². The molecule has 0 aliphatic heterocycles. The van der Waals surface area contributed by atoms with Gasteiger partial charge in [0.15, 0.2) is 0 Å². The van der Waals surface area contributed by atoms with E-state index in [1.54, 1.807) is 11.8 Å². The highest BCUT2D eigenvalue weighted by Crippen LogP contribution is 2.18. The molecule has 0 radical (unpaired) electrons. The Balaban J connectivity index is 1.81. The first-order valence-corrected chi connectivity index (χ1v) is 8.11. The molecule has 2 aromatic rings. The van der Waals surface area contributed by atoms with Crippen molar-refractivity contribution in [3.63, 3.8) is 0 Å². The van der Waals surface area contributed by atoms with E-state index >= 15 is 0 Å². The molecule has 0 unspecified atom stereocenters. The van der Waals surface area contributed by atoms with E-state index in [1.807, 2.05) is 18.2 Å². The zero-order valence-electron chi connectivity index (χ0n) is 12.0. The van der Waals surface area contributed by atoms with Crippen molar-refractivity contribution in [2.75, 3.05) is 25.4 Å². The molecule has 0 saturated heterocycles. The molecule has 0 amide bonds. The lowest BCUT2D eigenvalue weighted by molar-refractivity contribution is 0.290. The summed E-state index contributed by atoms with van der Waals surface area (Å²) in [4.78, 5) is 3.45. The van der Waals surface area contributed by atoms with Gasteiger partial charge in [-0.15, -0.1) is 11.8 Å². The fourth-order valence-electron chi connectivity index (χ4n) is 2.12. The first-order valence-electron chi connectivity index (χ1n) is 7.12. The van der Waals surface area contributed by atoms with Crippen molar-refractivity contribution < 1.29 is 4.39 Å². The van der Waals surface area contributed by atoms with Gasteiger partial charge >= 0.3 is 0 Å². The van der Waals surface area contributed by atoms with Crippen LogP contribution in [-0.4, -0.2) is 30.3 Å². The first kappa shape index (κ1) is 16.0. The topological polar surface area (TPSA) is 29.3 Å². The van der Waals surface area contributed by atoms with Crippen molar-refractivity contribution in [3.05, 3.63) is 66.0 Å². The van der Waals surface area contributed by atoms with Crippen molar-refractivity contribution in [2.24, 2.45) is 5.73 Å². The van der Waals surface area contributed by atoms with Gasteiger partial charge in [0.1, 0.15) is 5.82 Å². The second-order valence-electron chi connectivity index (χ2n) is 4.85. The standard InChI is InChI=1S/C17H21FN2S/c18-16-6-8-17(9-7-16)21-13-12-20(11-10-19)14-15-4-2-1-3-5-15/h1-9H,10-14,19H2. The Kier molecular flexibility index (Phi) is 6.73. The van der Waals surface area contributed by atoms with Gasteiger partial charge in [0.25, 0.3) is 0 Å². The lowest BCUT2D eigenvalue weighted by Crippen LogP contribution is -2.31. The van der Waals surface area contributed by atoms with Crippen LogP contribution in [0.25, 0.3) is 0 Å². The van der Waals surface area contributed by atoms with Gasteiger partial charge < -0.3 is 5.73 Å². The quantitative estimate of drug-likeness (QED) is 0.758. The maximum Gasteiger partial charge on any atom is 0.123 e. The molecule has 0 bridgehead atoms. The summed E-state index contributed by atoms with van der Waals surface area (Å²) < 4.78 is 12.8. The van der Waals surface area contributed by atoms with Gasteiger partial charge in [-0.3, -0.25) is 4.90 Å². The molecule has 2 N–H and O–H groups in total. The van der Waals surface area contributed by atoms with Crippen molar-refractivity contribution in [1.29, 1.82) is 0 Å². The molecule has 0 aromatic heterocycles. The van der Waals surface area contributed by atoms with E-state index in [0.717, 1.165) is 30.3 Å². The number of hydrogen-bond acceptors (Lipinski definition) is 3. The number of nitrogens with two attached hydrogens (primary N) is 1. The molecule has 0 heterocycles. The Morgan fingerprint density at radius 2 is 1.67 bits per heavy atom. The summed E-state index contributed by atoms with van der Waals surface area (Å²) in [5.41, 5.74) is 7.00. The number of hydrogen-bond donors (Lipinski definition) is 1. The minimum atomic E-state index is -0.187. The van der Waals surface area contributed by atoms with Crippen LogP contribution in [0.3, 0.4) is 0 Å². The lowest BCUT2D eigenvalue weighted by Gasteiger charge is -2.21. The molecule has 0 atom stereocenters. The van der Waals surface area contributed by atoms with E-state index in [-0.39, 0.29) is 5.82 Å². The van der Waals surface area contributed by atoms with Crippen molar-refractivity contribution in [3.8, 4) is 0 Å². The molecule has 0 fully saturated rings.